The van der Waals surface area contributed by atoms with Crippen LogP contribution in [0.2, 0.25) is 0 Å². The quantitative estimate of drug-likeness (QED) is 0.555. The summed E-state index contributed by atoms with van der Waals surface area (Å²) in [4.78, 5) is 0. The third kappa shape index (κ3) is 5.65. The molecule has 2 aromatic rings. The van der Waals surface area contributed by atoms with Crippen LogP contribution in [-0.4, -0.2) is 5.11 Å². The Balaban J connectivity index is 0.00000204. The molecule has 0 spiro atoms. The molecule has 1 N–H and O–H groups in total. The van der Waals surface area contributed by atoms with Crippen molar-refractivity contribution in [3.8, 4) is 5.75 Å². The Kier molecular flexibility index (Phi) is 8.17. The van der Waals surface area contributed by atoms with E-state index in [4.69, 9.17) is 0 Å². The van der Waals surface area contributed by atoms with Gasteiger partial charge in [-0.1, -0.05) is 80.5 Å². The number of benzene rings is 2. The molecule has 0 saturated carbocycles. The van der Waals surface area contributed by atoms with Gasteiger partial charge in [-0.3, -0.25) is 0 Å². The first-order valence-electron chi connectivity index (χ1n) is 11.2. The number of aryl methyl sites for hydroxylation is 2. The topological polar surface area (TPSA) is 20.2 Å². The molecule has 162 valence electrons. The van der Waals surface area contributed by atoms with Gasteiger partial charge in [0.25, 0.3) is 0 Å². The van der Waals surface area contributed by atoms with Gasteiger partial charge in [0.2, 0.25) is 0 Å². The molecule has 0 aliphatic rings. The number of hydrogen-bond donors (Lipinski definition) is 1. The Hall–Kier alpha value is -1.76. The van der Waals surface area contributed by atoms with Crippen LogP contribution in [0, 0.1) is 20.8 Å². The first-order chi connectivity index (χ1) is 13.3. The molecule has 0 atom stereocenters. The molecule has 29 heavy (non-hydrogen) atoms. The highest BCUT2D eigenvalue weighted by Crippen LogP contribution is 2.40. The molecule has 0 aliphatic carbocycles. The summed E-state index contributed by atoms with van der Waals surface area (Å²) in [6.07, 6.45) is 1.98. The van der Waals surface area contributed by atoms with E-state index in [1.54, 1.807) is 0 Å². The first kappa shape index (κ1) is 25.3. The molecular weight excluding hydrogens is 352 g/mol. The minimum absolute atomic E-state index is 0.0912. The van der Waals surface area contributed by atoms with E-state index in [-0.39, 0.29) is 10.8 Å². The minimum atomic E-state index is -0.0912. The number of rotatable bonds is 3. The second kappa shape index (κ2) is 9.37. The summed E-state index contributed by atoms with van der Waals surface area (Å²) in [7, 11) is 0. The van der Waals surface area contributed by atoms with Gasteiger partial charge < -0.3 is 5.11 Å². The fourth-order valence-electron chi connectivity index (χ4n) is 4.23. The van der Waals surface area contributed by atoms with E-state index in [1.165, 1.54) is 33.4 Å². The van der Waals surface area contributed by atoms with Crippen molar-refractivity contribution in [2.75, 3.05) is 0 Å². The molecule has 0 saturated heterocycles. The minimum Gasteiger partial charge on any atom is -0.507 e. The second-order valence-corrected chi connectivity index (χ2v) is 10.2. The van der Waals surface area contributed by atoms with Crippen LogP contribution in [0.1, 0.15) is 107 Å². The van der Waals surface area contributed by atoms with Crippen molar-refractivity contribution >= 4 is 0 Å². The zero-order valence-electron chi connectivity index (χ0n) is 21.1. The molecule has 2 rings (SSSR count). The van der Waals surface area contributed by atoms with E-state index in [0.29, 0.717) is 5.75 Å². The van der Waals surface area contributed by atoms with Crippen LogP contribution in [-0.2, 0) is 23.7 Å². The molecule has 2 aromatic carbocycles. The van der Waals surface area contributed by atoms with Crippen molar-refractivity contribution in [1.82, 2.24) is 0 Å². The standard InChI is InChI=1S/C26H38O.C2H6/c1-11-20-16(2)12-17(3)21(18(20)4)13-19-14-22(25(5,6)7)24(27)23(15-19)26(8,9)10;1-2/h12,14-15,27H,11,13H2,1-10H3;1-2H3. The fraction of sp³-hybridized carbons (Fsp3) is 0.571. The summed E-state index contributed by atoms with van der Waals surface area (Å²) >= 11 is 0. The molecule has 0 aromatic heterocycles. The van der Waals surface area contributed by atoms with Crippen molar-refractivity contribution in [3.05, 3.63) is 62.7 Å². The molecule has 1 nitrogen and oxygen atoms in total. The fourth-order valence-corrected chi connectivity index (χ4v) is 4.23. The normalized spacial score (nSPS) is 11.9. The Labute approximate surface area is 180 Å². The maximum atomic E-state index is 11.0. The molecule has 0 unspecified atom stereocenters. The van der Waals surface area contributed by atoms with Gasteiger partial charge >= 0.3 is 0 Å². The van der Waals surface area contributed by atoms with Crippen molar-refractivity contribution in [1.29, 1.82) is 0 Å². The lowest BCUT2D eigenvalue weighted by Gasteiger charge is -2.28. The van der Waals surface area contributed by atoms with Gasteiger partial charge in [0.1, 0.15) is 5.75 Å². The van der Waals surface area contributed by atoms with E-state index in [9.17, 15) is 5.11 Å². The van der Waals surface area contributed by atoms with Gasteiger partial charge in [0.05, 0.1) is 0 Å². The van der Waals surface area contributed by atoms with Gasteiger partial charge in [0.15, 0.2) is 0 Å². The number of aromatic hydroxyl groups is 1. The molecular formula is C28H44O. The van der Waals surface area contributed by atoms with E-state index < -0.39 is 0 Å². The molecule has 0 bridgehead atoms. The zero-order valence-corrected chi connectivity index (χ0v) is 21.1. The van der Waals surface area contributed by atoms with Crippen molar-refractivity contribution in [2.24, 2.45) is 0 Å². The molecule has 0 radical (unpaired) electrons. The zero-order chi connectivity index (χ0) is 22.7. The maximum Gasteiger partial charge on any atom is 0.123 e. The Morgan fingerprint density at radius 1 is 0.724 bits per heavy atom. The first-order valence-corrected chi connectivity index (χ1v) is 11.2. The van der Waals surface area contributed by atoms with Crippen molar-refractivity contribution in [3.63, 3.8) is 0 Å². The predicted molar refractivity (Wildman–Crippen MR) is 130 cm³/mol. The average molecular weight is 397 g/mol. The van der Waals surface area contributed by atoms with Crippen LogP contribution in [0.25, 0.3) is 0 Å². The van der Waals surface area contributed by atoms with Gasteiger partial charge in [-0.2, -0.15) is 0 Å². The molecule has 0 fully saturated rings. The number of phenols is 1. The second-order valence-electron chi connectivity index (χ2n) is 10.2. The molecule has 0 aliphatic heterocycles. The number of phenolic OH excluding ortho intramolecular Hbond substituents is 1. The molecule has 0 heterocycles. The Morgan fingerprint density at radius 2 is 1.14 bits per heavy atom. The monoisotopic (exact) mass is 396 g/mol. The summed E-state index contributed by atoms with van der Waals surface area (Å²) in [6.45, 7) is 26.0. The predicted octanol–water partition coefficient (Wildman–Crippen LogP) is 8.09. The van der Waals surface area contributed by atoms with E-state index in [2.05, 4.69) is 87.4 Å². The van der Waals surface area contributed by atoms with E-state index in [0.717, 1.165) is 24.0 Å². The summed E-state index contributed by atoms with van der Waals surface area (Å²) < 4.78 is 0. The average Bonchev–Trinajstić information content (AvgIpc) is 2.59. The molecule has 1 heteroatoms. The SMILES string of the molecule is CC.CCc1c(C)cc(C)c(Cc2cc(C(C)(C)C)c(O)c(C(C)(C)C)c2)c1C. The van der Waals surface area contributed by atoms with Gasteiger partial charge in [-0.05, 0) is 89.0 Å². The maximum absolute atomic E-state index is 11.0. The van der Waals surface area contributed by atoms with Crippen LogP contribution < -0.4 is 0 Å². The van der Waals surface area contributed by atoms with Crippen molar-refractivity contribution in [2.45, 2.75) is 107 Å². The van der Waals surface area contributed by atoms with E-state index >= 15 is 0 Å². The Bertz CT molecular complexity index is 807. The highest BCUT2D eigenvalue weighted by molar-refractivity contribution is 5.52. The third-order valence-electron chi connectivity index (χ3n) is 5.81. The highest BCUT2D eigenvalue weighted by Gasteiger charge is 2.26. The number of hydrogen-bond acceptors (Lipinski definition) is 1. The largest absolute Gasteiger partial charge is 0.507 e. The smallest absolute Gasteiger partial charge is 0.123 e. The molecule has 0 amide bonds. The van der Waals surface area contributed by atoms with Crippen LogP contribution in [0.4, 0.5) is 0 Å². The lowest BCUT2D eigenvalue weighted by Crippen LogP contribution is -2.18. The van der Waals surface area contributed by atoms with Crippen LogP contribution >= 0.6 is 0 Å². The third-order valence-corrected chi connectivity index (χ3v) is 5.81. The highest BCUT2D eigenvalue weighted by atomic mass is 16.3. The lowest BCUT2D eigenvalue weighted by atomic mass is 9.77. The summed E-state index contributed by atoms with van der Waals surface area (Å²) in [5.41, 5.74) is 10.3. The van der Waals surface area contributed by atoms with Crippen LogP contribution in [0.15, 0.2) is 18.2 Å². The van der Waals surface area contributed by atoms with Gasteiger partial charge in [-0.15, -0.1) is 0 Å². The van der Waals surface area contributed by atoms with Crippen LogP contribution in [0.5, 0.6) is 5.75 Å². The lowest BCUT2D eigenvalue weighted by molar-refractivity contribution is 0.423. The van der Waals surface area contributed by atoms with Gasteiger partial charge in [-0.25, -0.2) is 0 Å². The summed E-state index contributed by atoms with van der Waals surface area (Å²) in [5, 5.41) is 11.0. The van der Waals surface area contributed by atoms with Crippen LogP contribution in [0.3, 0.4) is 0 Å². The van der Waals surface area contributed by atoms with Crippen molar-refractivity contribution < 1.29 is 5.11 Å². The summed E-state index contributed by atoms with van der Waals surface area (Å²) in [5.74, 6) is 0.463. The van der Waals surface area contributed by atoms with E-state index in [1.807, 2.05) is 13.8 Å². The summed E-state index contributed by atoms with van der Waals surface area (Å²) in [6, 6.07) is 6.76. The van der Waals surface area contributed by atoms with Gasteiger partial charge in [0, 0.05) is 0 Å². The Morgan fingerprint density at radius 3 is 1.52 bits per heavy atom.